The zero-order valence-electron chi connectivity index (χ0n) is 10.0. The Morgan fingerprint density at radius 1 is 1.14 bits per heavy atom. The van der Waals surface area contributed by atoms with Crippen LogP contribution >= 0.6 is 0 Å². The molecule has 2 nitrogen and oxygen atoms in total. The summed E-state index contributed by atoms with van der Waals surface area (Å²) in [6.45, 7) is 9.47. The monoisotopic (exact) mass is 200 g/mol. The predicted octanol–water partition coefficient (Wildman–Crippen LogP) is 3.22. The zero-order valence-corrected chi connectivity index (χ0v) is 10.0. The lowest BCUT2D eigenvalue weighted by molar-refractivity contribution is -0.142. The Morgan fingerprint density at radius 3 is 2.14 bits per heavy atom. The summed E-state index contributed by atoms with van der Waals surface area (Å²) in [6.07, 6.45) is 7.58. The van der Waals surface area contributed by atoms with Gasteiger partial charge < -0.3 is 9.47 Å². The van der Waals surface area contributed by atoms with E-state index in [2.05, 4.69) is 12.8 Å². The third-order valence-corrected chi connectivity index (χ3v) is 1.39. The smallest absolute Gasteiger partial charge is 0.157 e. The van der Waals surface area contributed by atoms with Crippen molar-refractivity contribution in [3.05, 3.63) is 0 Å². The first-order valence-electron chi connectivity index (χ1n) is 5.51. The Labute approximate surface area is 89.0 Å². The lowest BCUT2D eigenvalue weighted by Gasteiger charge is -2.15. The minimum Gasteiger partial charge on any atom is -0.353 e. The van der Waals surface area contributed by atoms with Gasteiger partial charge in [-0.15, -0.1) is 12.3 Å². The van der Waals surface area contributed by atoms with Crippen molar-refractivity contribution in [1.82, 2.24) is 0 Å². The first kappa shape index (κ1) is 15.9. The third-order valence-electron chi connectivity index (χ3n) is 1.39. The molecule has 0 rings (SSSR count). The van der Waals surface area contributed by atoms with E-state index in [1.54, 1.807) is 0 Å². The molecule has 0 radical (unpaired) electrons. The number of ether oxygens (including phenoxy) is 2. The quantitative estimate of drug-likeness (QED) is 0.357. The van der Waals surface area contributed by atoms with Gasteiger partial charge in [0, 0.05) is 13.0 Å². The van der Waals surface area contributed by atoms with Crippen LogP contribution < -0.4 is 0 Å². The summed E-state index contributed by atoms with van der Waals surface area (Å²) in [5, 5.41) is 0. The Bertz CT molecular complexity index is 127. The average molecular weight is 200 g/mol. The summed E-state index contributed by atoms with van der Waals surface area (Å²) in [6, 6.07) is 0. The molecule has 84 valence electrons. The molecule has 1 unspecified atom stereocenters. The number of hydrogen-bond acceptors (Lipinski definition) is 2. The molecular weight excluding hydrogens is 176 g/mol. The van der Waals surface area contributed by atoms with E-state index in [-0.39, 0.29) is 6.29 Å². The topological polar surface area (TPSA) is 18.5 Å². The first-order chi connectivity index (χ1) is 6.85. The SMILES string of the molecule is C#CCCOC(CC)OCCC.CC. The molecule has 0 saturated heterocycles. The summed E-state index contributed by atoms with van der Waals surface area (Å²) in [7, 11) is 0. The molecule has 0 aromatic heterocycles. The second-order valence-electron chi connectivity index (χ2n) is 2.53. The predicted molar refractivity (Wildman–Crippen MR) is 61.1 cm³/mol. The summed E-state index contributed by atoms with van der Waals surface area (Å²) in [4.78, 5) is 0. The molecule has 0 heterocycles. The van der Waals surface area contributed by atoms with Gasteiger partial charge in [-0.3, -0.25) is 0 Å². The first-order valence-corrected chi connectivity index (χ1v) is 5.51. The largest absolute Gasteiger partial charge is 0.353 e. The van der Waals surface area contributed by atoms with Crippen molar-refractivity contribution in [3.63, 3.8) is 0 Å². The maximum Gasteiger partial charge on any atom is 0.157 e. The van der Waals surface area contributed by atoms with Crippen molar-refractivity contribution in [1.29, 1.82) is 0 Å². The van der Waals surface area contributed by atoms with E-state index in [1.807, 2.05) is 20.8 Å². The van der Waals surface area contributed by atoms with Crippen LogP contribution in [0.3, 0.4) is 0 Å². The van der Waals surface area contributed by atoms with E-state index in [9.17, 15) is 0 Å². The van der Waals surface area contributed by atoms with Crippen molar-refractivity contribution >= 4 is 0 Å². The average Bonchev–Trinajstić information content (AvgIpc) is 2.26. The van der Waals surface area contributed by atoms with Crippen LogP contribution in [0.4, 0.5) is 0 Å². The van der Waals surface area contributed by atoms with Crippen LogP contribution in [0.1, 0.15) is 47.0 Å². The lowest BCUT2D eigenvalue weighted by atomic mass is 10.4. The molecule has 0 fully saturated rings. The van der Waals surface area contributed by atoms with E-state index in [0.29, 0.717) is 13.0 Å². The highest BCUT2D eigenvalue weighted by atomic mass is 16.7. The van der Waals surface area contributed by atoms with Crippen molar-refractivity contribution in [2.45, 2.75) is 53.2 Å². The van der Waals surface area contributed by atoms with Gasteiger partial charge in [0.05, 0.1) is 6.61 Å². The van der Waals surface area contributed by atoms with Gasteiger partial charge in [-0.1, -0.05) is 27.7 Å². The normalized spacial score (nSPS) is 11.1. The van der Waals surface area contributed by atoms with Crippen LogP contribution in [0.5, 0.6) is 0 Å². The van der Waals surface area contributed by atoms with E-state index >= 15 is 0 Å². The highest BCUT2D eigenvalue weighted by Gasteiger charge is 2.04. The fourth-order valence-corrected chi connectivity index (χ4v) is 0.782. The number of rotatable bonds is 7. The zero-order chi connectivity index (χ0) is 11.2. The molecule has 0 N–H and O–H groups in total. The second-order valence-corrected chi connectivity index (χ2v) is 2.53. The van der Waals surface area contributed by atoms with Gasteiger partial charge in [0.1, 0.15) is 0 Å². The van der Waals surface area contributed by atoms with Gasteiger partial charge in [-0.05, 0) is 12.8 Å². The fraction of sp³-hybridized carbons (Fsp3) is 0.833. The van der Waals surface area contributed by atoms with E-state index < -0.39 is 0 Å². The minimum absolute atomic E-state index is 0.0710. The molecule has 2 heteroatoms. The van der Waals surface area contributed by atoms with E-state index in [1.165, 1.54) is 0 Å². The summed E-state index contributed by atoms with van der Waals surface area (Å²) in [5.41, 5.74) is 0. The van der Waals surface area contributed by atoms with Crippen molar-refractivity contribution in [2.24, 2.45) is 0 Å². The minimum atomic E-state index is -0.0710. The maximum atomic E-state index is 5.40. The van der Waals surface area contributed by atoms with Gasteiger partial charge in [-0.2, -0.15) is 0 Å². The fourth-order valence-electron chi connectivity index (χ4n) is 0.782. The Balaban J connectivity index is 0. The standard InChI is InChI=1S/C10H18O2.C2H6/c1-4-7-9-12-10(6-3)11-8-5-2;1-2/h1,10H,5-9H2,2-3H3;1-2H3. The molecule has 0 aromatic rings. The van der Waals surface area contributed by atoms with Gasteiger partial charge in [0.15, 0.2) is 6.29 Å². The molecule has 0 spiro atoms. The van der Waals surface area contributed by atoms with Crippen LogP contribution in [-0.4, -0.2) is 19.5 Å². The Morgan fingerprint density at radius 2 is 1.71 bits per heavy atom. The molecule has 0 aliphatic heterocycles. The molecular formula is C12H24O2. The van der Waals surface area contributed by atoms with Crippen LogP contribution in [-0.2, 0) is 9.47 Å². The van der Waals surface area contributed by atoms with E-state index in [0.717, 1.165) is 19.4 Å². The van der Waals surface area contributed by atoms with Gasteiger partial charge in [0.25, 0.3) is 0 Å². The lowest BCUT2D eigenvalue weighted by Crippen LogP contribution is -2.17. The van der Waals surface area contributed by atoms with Gasteiger partial charge in [0.2, 0.25) is 0 Å². The summed E-state index contributed by atoms with van der Waals surface area (Å²) < 4.78 is 10.8. The van der Waals surface area contributed by atoms with Crippen LogP contribution in [0, 0.1) is 12.3 Å². The van der Waals surface area contributed by atoms with Gasteiger partial charge in [-0.25, -0.2) is 0 Å². The van der Waals surface area contributed by atoms with Crippen molar-refractivity contribution in [3.8, 4) is 12.3 Å². The Hall–Kier alpha value is -0.520. The summed E-state index contributed by atoms with van der Waals surface area (Å²) in [5.74, 6) is 2.52. The van der Waals surface area contributed by atoms with Crippen LogP contribution in [0.25, 0.3) is 0 Å². The molecule has 0 bridgehead atoms. The molecule has 0 amide bonds. The third kappa shape index (κ3) is 11.5. The van der Waals surface area contributed by atoms with E-state index in [4.69, 9.17) is 15.9 Å². The molecule has 0 aliphatic carbocycles. The highest BCUT2D eigenvalue weighted by molar-refractivity contribution is 4.82. The van der Waals surface area contributed by atoms with Gasteiger partial charge >= 0.3 is 0 Å². The molecule has 1 atom stereocenters. The number of hydrogen-bond donors (Lipinski definition) is 0. The van der Waals surface area contributed by atoms with Crippen LogP contribution in [0.2, 0.25) is 0 Å². The van der Waals surface area contributed by atoms with Crippen molar-refractivity contribution < 1.29 is 9.47 Å². The highest BCUT2D eigenvalue weighted by Crippen LogP contribution is 2.01. The summed E-state index contributed by atoms with van der Waals surface area (Å²) >= 11 is 0. The second kappa shape index (κ2) is 15.0. The van der Waals surface area contributed by atoms with Crippen molar-refractivity contribution in [2.75, 3.05) is 13.2 Å². The Kier molecular flexibility index (Phi) is 17.0. The van der Waals surface area contributed by atoms with Crippen LogP contribution in [0.15, 0.2) is 0 Å². The molecule has 0 aliphatic rings. The molecule has 14 heavy (non-hydrogen) atoms. The molecule has 0 aromatic carbocycles. The molecule has 0 saturated carbocycles. The number of terminal acetylenes is 1. The maximum absolute atomic E-state index is 5.40.